The van der Waals surface area contributed by atoms with E-state index < -0.39 is 11.7 Å². The maximum absolute atomic E-state index is 14.0. The molecule has 0 bridgehead atoms. The van der Waals surface area contributed by atoms with Crippen molar-refractivity contribution in [2.75, 3.05) is 33.4 Å². The molecule has 0 amide bonds. The Morgan fingerprint density at radius 1 is 1.14 bits per heavy atom. The van der Waals surface area contributed by atoms with E-state index in [1.54, 1.807) is 20.1 Å². The Morgan fingerprint density at radius 2 is 1.89 bits per heavy atom. The molecule has 1 aliphatic heterocycles. The lowest BCUT2D eigenvalue weighted by Gasteiger charge is -2.33. The van der Waals surface area contributed by atoms with Crippen LogP contribution < -0.4 is 4.74 Å². The second kappa shape index (κ2) is 10.9. The van der Waals surface area contributed by atoms with E-state index in [-0.39, 0.29) is 12.4 Å². The Balaban J connectivity index is 1.54. The van der Waals surface area contributed by atoms with Crippen LogP contribution in [0, 0.1) is 12.8 Å². The molecular weight excluding hydrogens is 469 g/mol. The van der Waals surface area contributed by atoms with E-state index in [4.69, 9.17) is 9.47 Å². The van der Waals surface area contributed by atoms with Gasteiger partial charge in [0.1, 0.15) is 17.2 Å². The Morgan fingerprint density at radius 3 is 2.56 bits per heavy atom. The van der Waals surface area contributed by atoms with Gasteiger partial charge in [0, 0.05) is 49.6 Å². The molecular formula is C27H33F3N4O2. The first-order valence-electron chi connectivity index (χ1n) is 12.2. The summed E-state index contributed by atoms with van der Waals surface area (Å²) in [6, 6.07) is 6.02. The van der Waals surface area contributed by atoms with Gasteiger partial charge in [-0.2, -0.15) is 13.2 Å². The maximum Gasteiger partial charge on any atom is 0.419 e. The number of halogens is 3. The monoisotopic (exact) mass is 502 g/mol. The zero-order valence-corrected chi connectivity index (χ0v) is 21.1. The van der Waals surface area contributed by atoms with E-state index in [1.165, 1.54) is 6.07 Å². The second-order valence-electron chi connectivity index (χ2n) is 9.37. The lowest BCUT2D eigenvalue weighted by molar-refractivity contribution is -0.138. The molecule has 0 atom stereocenters. The number of rotatable bonds is 9. The van der Waals surface area contributed by atoms with Crippen LogP contribution in [0.15, 0.2) is 42.7 Å². The van der Waals surface area contributed by atoms with Crippen molar-refractivity contribution < 1.29 is 22.6 Å². The van der Waals surface area contributed by atoms with Gasteiger partial charge in [0.2, 0.25) is 0 Å². The lowest BCUT2D eigenvalue weighted by Crippen LogP contribution is -2.32. The first-order chi connectivity index (χ1) is 17.2. The zero-order chi connectivity index (χ0) is 25.9. The van der Waals surface area contributed by atoms with Crippen molar-refractivity contribution in [1.29, 1.82) is 0 Å². The van der Waals surface area contributed by atoms with Gasteiger partial charge in [0.05, 0.1) is 24.5 Å². The molecule has 4 rings (SSSR count). The summed E-state index contributed by atoms with van der Waals surface area (Å²) < 4.78 is 54.9. The number of hydrogen-bond acceptors (Lipinski definition) is 5. The number of methoxy groups -OCH3 is 1. The summed E-state index contributed by atoms with van der Waals surface area (Å²) in [4.78, 5) is 11.2. The molecule has 2 aromatic heterocycles. The molecule has 0 spiro atoms. The number of piperidine rings is 1. The SMILES string of the molecule is C=C(C)N1CCC(CCOc2ccc(-c3nc(C)nc4c3ccn4CCOC)cc2C(F)(F)F)CC1. The number of ether oxygens (including phenoxy) is 2. The maximum atomic E-state index is 14.0. The minimum atomic E-state index is -4.55. The fraction of sp³-hybridized carbons (Fsp3) is 0.481. The Kier molecular flexibility index (Phi) is 7.88. The molecule has 6 nitrogen and oxygen atoms in total. The average molecular weight is 503 g/mol. The molecule has 36 heavy (non-hydrogen) atoms. The molecule has 3 heterocycles. The van der Waals surface area contributed by atoms with Gasteiger partial charge >= 0.3 is 6.18 Å². The average Bonchev–Trinajstić information content (AvgIpc) is 3.24. The van der Waals surface area contributed by atoms with Crippen molar-refractivity contribution in [2.24, 2.45) is 5.92 Å². The van der Waals surface area contributed by atoms with Gasteiger partial charge in [-0.25, -0.2) is 9.97 Å². The molecule has 3 aromatic rings. The van der Waals surface area contributed by atoms with Crippen LogP contribution in [0.25, 0.3) is 22.3 Å². The van der Waals surface area contributed by atoms with Crippen molar-refractivity contribution in [3.63, 3.8) is 0 Å². The van der Waals surface area contributed by atoms with E-state index in [9.17, 15) is 13.2 Å². The number of aryl methyl sites for hydroxylation is 1. The van der Waals surface area contributed by atoms with Gasteiger partial charge in [-0.05, 0) is 63.3 Å². The first-order valence-corrected chi connectivity index (χ1v) is 12.2. The van der Waals surface area contributed by atoms with Crippen LogP contribution in [0.4, 0.5) is 13.2 Å². The fourth-order valence-electron chi connectivity index (χ4n) is 4.73. The van der Waals surface area contributed by atoms with Crippen molar-refractivity contribution in [1.82, 2.24) is 19.4 Å². The van der Waals surface area contributed by atoms with Crippen LogP contribution in [0.3, 0.4) is 0 Å². The van der Waals surface area contributed by atoms with E-state index in [2.05, 4.69) is 21.4 Å². The van der Waals surface area contributed by atoms with Crippen LogP contribution in [0.2, 0.25) is 0 Å². The molecule has 0 radical (unpaired) electrons. The van der Waals surface area contributed by atoms with Crippen molar-refractivity contribution in [3.05, 3.63) is 54.1 Å². The summed E-state index contributed by atoms with van der Waals surface area (Å²) in [7, 11) is 1.62. The molecule has 0 N–H and O–H groups in total. The van der Waals surface area contributed by atoms with E-state index in [0.717, 1.165) is 44.1 Å². The molecule has 1 aromatic carbocycles. The predicted octanol–water partition coefficient (Wildman–Crippen LogP) is 6.09. The summed E-state index contributed by atoms with van der Waals surface area (Å²) in [6.07, 6.45) is 0.0145. The molecule has 0 unspecified atom stereocenters. The molecule has 1 fully saturated rings. The summed E-state index contributed by atoms with van der Waals surface area (Å²) in [5.74, 6) is 0.778. The number of likely N-dealkylation sites (tertiary alicyclic amines) is 1. The standard InChI is InChI=1S/C27H33F3N4O2/c1-18(2)33-11-7-20(8-12-33)10-15-36-24-6-5-21(17-23(24)27(28,29)30)25-22-9-13-34(14-16-35-4)26(22)32-19(3)31-25/h5-6,9,13,17,20H,1,7-8,10-12,14-16H2,2-4H3. The van der Waals surface area contributed by atoms with Gasteiger partial charge < -0.3 is 18.9 Å². The summed E-state index contributed by atoms with van der Waals surface area (Å²) in [5, 5.41) is 0.694. The van der Waals surface area contributed by atoms with Gasteiger partial charge in [-0.3, -0.25) is 0 Å². The van der Waals surface area contributed by atoms with Crippen LogP contribution >= 0.6 is 0 Å². The topological polar surface area (TPSA) is 52.4 Å². The highest BCUT2D eigenvalue weighted by Gasteiger charge is 2.35. The predicted molar refractivity (Wildman–Crippen MR) is 134 cm³/mol. The summed E-state index contributed by atoms with van der Waals surface area (Å²) >= 11 is 0. The van der Waals surface area contributed by atoms with E-state index >= 15 is 0 Å². The Labute approximate surface area is 209 Å². The van der Waals surface area contributed by atoms with Crippen molar-refractivity contribution >= 4 is 11.0 Å². The highest BCUT2D eigenvalue weighted by molar-refractivity contribution is 5.91. The third-order valence-electron chi connectivity index (χ3n) is 6.76. The number of fused-ring (bicyclic) bond motifs is 1. The summed E-state index contributed by atoms with van der Waals surface area (Å²) in [5.41, 5.74) is 1.78. The van der Waals surface area contributed by atoms with E-state index in [1.807, 2.05) is 23.8 Å². The molecule has 0 aliphatic carbocycles. The Bertz CT molecular complexity index is 1210. The minimum absolute atomic E-state index is 0.148. The molecule has 1 aliphatic rings. The quantitative estimate of drug-likeness (QED) is 0.355. The lowest BCUT2D eigenvalue weighted by atomic mass is 9.94. The third-order valence-corrected chi connectivity index (χ3v) is 6.76. The van der Waals surface area contributed by atoms with Crippen LogP contribution in [-0.4, -0.2) is 52.8 Å². The molecule has 194 valence electrons. The zero-order valence-electron chi connectivity index (χ0n) is 21.1. The van der Waals surface area contributed by atoms with Crippen LogP contribution in [-0.2, 0) is 17.5 Å². The molecule has 1 saturated heterocycles. The van der Waals surface area contributed by atoms with Gasteiger partial charge in [-0.1, -0.05) is 6.58 Å². The number of hydrogen-bond donors (Lipinski definition) is 0. The summed E-state index contributed by atoms with van der Waals surface area (Å²) in [6.45, 7) is 10.9. The smallest absolute Gasteiger partial charge is 0.419 e. The normalized spacial score (nSPS) is 15.0. The van der Waals surface area contributed by atoms with Crippen molar-refractivity contribution in [2.45, 2.75) is 45.8 Å². The van der Waals surface area contributed by atoms with Gasteiger partial charge in [-0.15, -0.1) is 0 Å². The number of benzene rings is 1. The third kappa shape index (κ3) is 5.83. The number of nitrogens with zero attached hydrogens (tertiary/aromatic N) is 4. The second-order valence-corrected chi connectivity index (χ2v) is 9.37. The number of allylic oxidation sites excluding steroid dienone is 1. The van der Waals surface area contributed by atoms with Crippen molar-refractivity contribution in [3.8, 4) is 17.0 Å². The van der Waals surface area contributed by atoms with Crippen LogP contribution in [0.1, 0.15) is 37.6 Å². The molecule has 0 saturated carbocycles. The molecule has 9 heteroatoms. The van der Waals surface area contributed by atoms with Crippen LogP contribution in [0.5, 0.6) is 5.75 Å². The first kappa shape index (κ1) is 26.0. The van der Waals surface area contributed by atoms with Gasteiger partial charge in [0.15, 0.2) is 0 Å². The largest absolute Gasteiger partial charge is 0.493 e. The minimum Gasteiger partial charge on any atom is -0.493 e. The number of aromatic nitrogens is 3. The van der Waals surface area contributed by atoms with E-state index in [0.29, 0.717) is 47.2 Å². The Hall–Kier alpha value is -3.07. The highest BCUT2D eigenvalue weighted by atomic mass is 19.4. The fourth-order valence-corrected chi connectivity index (χ4v) is 4.73. The highest BCUT2D eigenvalue weighted by Crippen LogP contribution is 2.40. The number of alkyl halides is 3. The van der Waals surface area contributed by atoms with Gasteiger partial charge in [0.25, 0.3) is 0 Å².